The van der Waals surface area contributed by atoms with Crippen LogP contribution in [0.15, 0.2) is 24.4 Å². The molecule has 0 amide bonds. The molecule has 0 radical (unpaired) electrons. The van der Waals surface area contributed by atoms with E-state index < -0.39 is 0 Å². The number of nitrogens with one attached hydrogen (secondary N) is 1. The molecule has 20 heavy (non-hydrogen) atoms. The van der Waals surface area contributed by atoms with Gasteiger partial charge in [0.2, 0.25) is 0 Å². The van der Waals surface area contributed by atoms with Gasteiger partial charge in [0.25, 0.3) is 0 Å². The number of rotatable bonds is 1. The average molecular weight is 264 g/mol. The molecule has 0 atom stereocenters. The van der Waals surface area contributed by atoms with Gasteiger partial charge in [0, 0.05) is 35.1 Å². The van der Waals surface area contributed by atoms with Crippen molar-refractivity contribution >= 4 is 17.5 Å². The third-order valence-electron chi connectivity index (χ3n) is 3.51. The van der Waals surface area contributed by atoms with Crippen molar-refractivity contribution in [3.8, 4) is 11.1 Å². The van der Waals surface area contributed by atoms with Crippen LogP contribution >= 0.6 is 0 Å². The first-order valence-corrected chi connectivity index (χ1v) is 6.54. The number of allylic oxidation sites excluding steroid dienone is 1. The van der Waals surface area contributed by atoms with Gasteiger partial charge in [-0.2, -0.15) is 0 Å². The van der Waals surface area contributed by atoms with Gasteiger partial charge in [-0.1, -0.05) is 12.2 Å². The summed E-state index contributed by atoms with van der Waals surface area (Å²) in [6.07, 6.45) is 6.80. The Labute approximate surface area is 117 Å². The number of benzene rings is 1. The van der Waals surface area contributed by atoms with Crippen LogP contribution in [-0.2, 0) is 6.42 Å². The minimum absolute atomic E-state index is 0.466. The second kappa shape index (κ2) is 4.56. The van der Waals surface area contributed by atoms with E-state index in [0.717, 1.165) is 40.2 Å². The highest BCUT2D eigenvalue weighted by Crippen LogP contribution is 2.33. The van der Waals surface area contributed by atoms with Crippen molar-refractivity contribution in [3.05, 3.63) is 47.1 Å². The van der Waals surface area contributed by atoms with E-state index in [-0.39, 0.29) is 0 Å². The van der Waals surface area contributed by atoms with E-state index in [1.54, 1.807) is 6.92 Å². The summed E-state index contributed by atoms with van der Waals surface area (Å²) in [5, 5.41) is 7.84. The number of fused-ring (bicyclic) bond motifs is 3. The predicted molar refractivity (Wildman–Crippen MR) is 81.9 cm³/mol. The lowest BCUT2D eigenvalue weighted by molar-refractivity contribution is 0.987. The standard InChI is InChI=1S/C16H16N4/c1-9(17)12-7-13-11(6-15(12)18)4-3-5-16-14(13)8-19-10(2)20-16/h3-4,6-8,17H,5,18H2,1-2H3. The summed E-state index contributed by atoms with van der Waals surface area (Å²) < 4.78 is 0. The molecule has 1 aliphatic rings. The van der Waals surface area contributed by atoms with Gasteiger partial charge in [0.15, 0.2) is 0 Å². The van der Waals surface area contributed by atoms with E-state index in [4.69, 9.17) is 11.1 Å². The van der Waals surface area contributed by atoms with Crippen LogP contribution in [0.5, 0.6) is 0 Å². The fourth-order valence-corrected chi connectivity index (χ4v) is 2.52. The van der Waals surface area contributed by atoms with Gasteiger partial charge in [0.05, 0.1) is 5.69 Å². The van der Waals surface area contributed by atoms with Gasteiger partial charge in [-0.25, -0.2) is 9.97 Å². The van der Waals surface area contributed by atoms with Crippen LogP contribution in [-0.4, -0.2) is 15.7 Å². The van der Waals surface area contributed by atoms with Gasteiger partial charge in [-0.15, -0.1) is 0 Å². The normalized spacial score (nSPS) is 12.5. The van der Waals surface area contributed by atoms with Gasteiger partial charge in [-0.3, -0.25) is 0 Å². The first-order valence-electron chi connectivity index (χ1n) is 6.54. The number of nitrogen functional groups attached to an aromatic ring is 1. The van der Waals surface area contributed by atoms with Crippen LogP contribution < -0.4 is 5.73 Å². The zero-order valence-corrected chi connectivity index (χ0v) is 11.6. The Kier molecular flexibility index (Phi) is 2.86. The third kappa shape index (κ3) is 1.99. The van der Waals surface area contributed by atoms with Crippen molar-refractivity contribution in [2.45, 2.75) is 20.3 Å². The fraction of sp³-hybridized carbons (Fsp3) is 0.188. The Hall–Kier alpha value is -2.49. The number of anilines is 1. The van der Waals surface area contributed by atoms with Crippen molar-refractivity contribution in [2.24, 2.45) is 0 Å². The van der Waals surface area contributed by atoms with Crippen LogP contribution in [0.3, 0.4) is 0 Å². The molecule has 0 saturated heterocycles. The summed E-state index contributed by atoms with van der Waals surface area (Å²) in [7, 11) is 0. The molecule has 3 rings (SSSR count). The van der Waals surface area contributed by atoms with Gasteiger partial charge in [0.1, 0.15) is 5.82 Å². The summed E-state index contributed by atoms with van der Waals surface area (Å²) in [5.41, 5.74) is 12.1. The van der Waals surface area contributed by atoms with E-state index in [1.807, 2.05) is 25.3 Å². The number of nitrogens with zero attached hydrogens (tertiary/aromatic N) is 2. The van der Waals surface area contributed by atoms with E-state index in [9.17, 15) is 0 Å². The highest BCUT2D eigenvalue weighted by atomic mass is 14.9. The highest BCUT2D eigenvalue weighted by molar-refractivity contribution is 6.03. The molecular weight excluding hydrogens is 248 g/mol. The summed E-state index contributed by atoms with van der Waals surface area (Å²) in [4.78, 5) is 8.83. The van der Waals surface area contributed by atoms with Crippen molar-refractivity contribution in [1.29, 1.82) is 5.41 Å². The highest BCUT2D eigenvalue weighted by Gasteiger charge is 2.16. The van der Waals surface area contributed by atoms with E-state index in [0.29, 0.717) is 11.4 Å². The Morgan fingerprint density at radius 1 is 1.30 bits per heavy atom. The minimum Gasteiger partial charge on any atom is -0.398 e. The molecule has 0 spiro atoms. The molecule has 3 N–H and O–H groups in total. The number of hydrogen-bond donors (Lipinski definition) is 2. The zero-order valence-electron chi connectivity index (χ0n) is 11.6. The molecular formula is C16H16N4. The molecule has 2 aromatic rings. The summed E-state index contributed by atoms with van der Waals surface area (Å²) in [6, 6.07) is 3.90. The maximum atomic E-state index is 7.84. The molecule has 0 fully saturated rings. The van der Waals surface area contributed by atoms with Crippen LogP contribution in [0.4, 0.5) is 5.69 Å². The van der Waals surface area contributed by atoms with Crippen molar-refractivity contribution in [1.82, 2.24) is 9.97 Å². The Bertz CT molecular complexity index is 744. The minimum atomic E-state index is 0.466. The number of aryl methyl sites for hydroxylation is 1. The monoisotopic (exact) mass is 264 g/mol. The van der Waals surface area contributed by atoms with Gasteiger partial charge < -0.3 is 11.1 Å². The van der Waals surface area contributed by atoms with Crippen molar-refractivity contribution in [2.75, 3.05) is 5.73 Å². The quantitative estimate of drug-likeness (QED) is 0.614. The maximum Gasteiger partial charge on any atom is 0.125 e. The first-order chi connectivity index (χ1) is 9.56. The molecule has 0 saturated carbocycles. The number of aromatic nitrogens is 2. The van der Waals surface area contributed by atoms with E-state index >= 15 is 0 Å². The first kappa shape index (κ1) is 12.5. The number of nitrogens with two attached hydrogens (primary N) is 1. The van der Waals surface area contributed by atoms with E-state index in [1.165, 1.54) is 0 Å². The number of hydrogen-bond acceptors (Lipinski definition) is 4. The third-order valence-corrected chi connectivity index (χ3v) is 3.51. The Morgan fingerprint density at radius 3 is 2.85 bits per heavy atom. The Balaban J connectivity index is 2.31. The molecule has 0 unspecified atom stereocenters. The molecule has 0 bridgehead atoms. The lowest BCUT2D eigenvalue weighted by atomic mass is 9.95. The summed E-state index contributed by atoms with van der Waals surface area (Å²) in [6.45, 7) is 3.64. The lowest BCUT2D eigenvalue weighted by Crippen LogP contribution is -2.03. The van der Waals surface area contributed by atoms with Crippen LogP contribution in [0.25, 0.3) is 17.2 Å². The van der Waals surface area contributed by atoms with Gasteiger partial charge in [-0.05, 0) is 37.1 Å². The average Bonchev–Trinajstić information content (AvgIpc) is 2.55. The van der Waals surface area contributed by atoms with Crippen molar-refractivity contribution < 1.29 is 0 Å². The molecule has 4 nitrogen and oxygen atoms in total. The van der Waals surface area contributed by atoms with E-state index in [2.05, 4.69) is 22.1 Å². The summed E-state index contributed by atoms with van der Waals surface area (Å²) >= 11 is 0. The molecule has 4 heteroatoms. The van der Waals surface area contributed by atoms with Crippen molar-refractivity contribution in [3.63, 3.8) is 0 Å². The zero-order chi connectivity index (χ0) is 14.3. The van der Waals surface area contributed by atoms with Gasteiger partial charge >= 0.3 is 0 Å². The fourth-order valence-electron chi connectivity index (χ4n) is 2.52. The molecule has 1 aliphatic carbocycles. The topological polar surface area (TPSA) is 75.7 Å². The largest absolute Gasteiger partial charge is 0.398 e. The smallest absolute Gasteiger partial charge is 0.125 e. The predicted octanol–water partition coefficient (Wildman–Crippen LogP) is 2.99. The van der Waals surface area contributed by atoms with Crippen LogP contribution in [0.2, 0.25) is 0 Å². The molecule has 0 aliphatic heterocycles. The Morgan fingerprint density at radius 2 is 2.10 bits per heavy atom. The van der Waals surface area contributed by atoms with Crippen LogP contribution in [0.1, 0.15) is 29.6 Å². The molecule has 1 aromatic carbocycles. The molecule has 100 valence electrons. The second-order valence-corrected chi connectivity index (χ2v) is 5.04. The molecule has 1 aromatic heterocycles. The molecule has 1 heterocycles. The van der Waals surface area contributed by atoms with Crippen LogP contribution in [0, 0.1) is 12.3 Å². The second-order valence-electron chi connectivity index (χ2n) is 5.04. The summed E-state index contributed by atoms with van der Waals surface area (Å²) in [5.74, 6) is 0.777. The maximum absolute atomic E-state index is 7.84. The SMILES string of the molecule is CC(=N)c1cc2c(cc1N)C=CCc1nc(C)ncc1-2. The lowest BCUT2D eigenvalue weighted by Gasteiger charge is -2.12.